The summed E-state index contributed by atoms with van der Waals surface area (Å²) >= 11 is 0. The second-order valence-corrected chi connectivity index (χ2v) is 3.83. The predicted octanol–water partition coefficient (Wildman–Crippen LogP) is 0.942. The van der Waals surface area contributed by atoms with E-state index in [-0.39, 0.29) is 12.7 Å². The zero-order chi connectivity index (χ0) is 12.3. The topological polar surface area (TPSA) is 73.1 Å². The molecule has 90 valence electrons. The molecule has 0 spiro atoms. The number of benzene rings is 1. The Morgan fingerprint density at radius 1 is 1.29 bits per heavy atom. The highest BCUT2D eigenvalue weighted by atomic mass is 16.5. The van der Waals surface area contributed by atoms with Crippen molar-refractivity contribution in [2.24, 2.45) is 0 Å². The molecular formula is C11H14N4O2. The number of aliphatic hydroxyl groups excluding tert-OH is 1. The first-order chi connectivity index (χ1) is 8.20. The molecule has 0 saturated carbocycles. The van der Waals surface area contributed by atoms with Crippen molar-refractivity contribution in [2.75, 3.05) is 0 Å². The van der Waals surface area contributed by atoms with Gasteiger partial charge in [-0.15, -0.1) is 5.10 Å². The molecule has 6 nitrogen and oxygen atoms in total. The van der Waals surface area contributed by atoms with Gasteiger partial charge in [-0.1, -0.05) is 0 Å². The van der Waals surface area contributed by atoms with E-state index >= 15 is 0 Å². The van der Waals surface area contributed by atoms with Gasteiger partial charge in [0.1, 0.15) is 12.4 Å². The van der Waals surface area contributed by atoms with E-state index in [4.69, 9.17) is 9.84 Å². The SMILES string of the molecule is CC(C)Oc1ccc(-n2nnnc2CO)cc1. The highest BCUT2D eigenvalue weighted by molar-refractivity contribution is 5.37. The minimum absolute atomic E-state index is 0.141. The number of tetrazole rings is 1. The van der Waals surface area contributed by atoms with Gasteiger partial charge in [-0.25, -0.2) is 0 Å². The molecule has 1 N–H and O–H groups in total. The molecule has 0 atom stereocenters. The fourth-order valence-corrected chi connectivity index (χ4v) is 1.44. The lowest BCUT2D eigenvalue weighted by Crippen LogP contribution is -2.06. The summed E-state index contributed by atoms with van der Waals surface area (Å²) in [7, 11) is 0. The van der Waals surface area contributed by atoms with Crippen LogP contribution >= 0.6 is 0 Å². The third-order valence-electron chi connectivity index (χ3n) is 2.13. The van der Waals surface area contributed by atoms with E-state index in [0.717, 1.165) is 11.4 Å². The van der Waals surface area contributed by atoms with E-state index in [1.54, 1.807) is 0 Å². The minimum atomic E-state index is -0.197. The van der Waals surface area contributed by atoms with Gasteiger partial charge in [0, 0.05) is 0 Å². The highest BCUT2D eigenvalue weighted by Gasteiger charge is 2.06. The van der Waals surface area contributed by atoms with Gasteiger partial charge in [0.15, 0.2) is 5.82 Å². The first-order valence-electron chi connectivity index (χ1n) is 5.36. The summed E-state index contributed by atoms with van der Waals surface area (Å²) in [5.41, 5.74) is 0.787. The summed E-state index contributed by atoms with van der Waals surface area (Å²) in [6, 6.07) is 7.37. The average molecular weight is 234 g/mol. The second kappa shape index (κ2) is 4.92. The van der Waals surface area contributed by atoms with Crippen molar-refractivity contribution in [1.29, 1.82) is 0 Å². The average Bonchev–Trinajstić information content (AvgIpc) is 2.77. The standard InChI is InChI=1S/C11H14N4O2/c1-8(2)17-10-5-3-9(4-6-10)15-11(7-16)12-13-14-15/h3-6,8,16H,7H2,1-2H3. The molecule has 0 bridgehead atoms. The van der Waals surface area contributed by atoms with Crippen LogP contribution in [-0.4, -0.2) is 31.4 Å². The molecule has 0 saturated heterocycles. The number of nitrogens with zero attached hydrogens (tertiary/aromatic N) is 4. The van der Waals surface area contributed by atoms with Crippen LogP contribution in [0.3, 0.4) is 0 Å². The van der Waals surface area contributed by atoms with E-state index < -0.39 is 0 Å². The molecule has 0 aliphatic heterocycles. The Bertz CT molecular complexity index is 478. The Kier molecular flexibility index (Phi) is 3.34. The van der Waals surface area contributed by atoms with Crippen LogP contribution in [0.25, 0.3) is 5.69 Å². The Labute approximate surface area is 98.8 Å². The van der Waals surface area contributed by atoms with E-state index in [1.807, 2.05) is 38.1 Å². The largest absolute Gasteiger partial charge is 0.491 e. The predicted molar refractivity (Wildman–Crippen MR) is 60.8 cm³/mol. The molecule has 1 aromatic heterocycles. The van der Waals surface area contributed by atoms with Crippen molar-refractivity contribution in [2.45, 2.75) is 26.6 Å². The van der Waals surface area contributed by atoms with Gasteiger partial charge in [0.25, 0.3) is 0 Å². The van der Waals surface area contributed by atoms with Crippen molar-refractivity contribution in [3.63, 3.8) is 0 Å². The van der Waals surface area contributed by atoms with Crippen LogP contribution in [0.1, 0.15) is 19.7 Å². The number of aromatic nitrogens is 4. The smallest absolute Gasteiger partial charge is 0.182 e. The van der Waals surface area contributed by atoms with Crippen LogP contribution in [0.5, 0.6) is 5.75 Å². The molecule has 1 heterocycles. The van der Waals surface area contributed by atoms with Crippen LogP contribution in [0.15, 0.2) is 24.3 Å². The van der Waals surface area contributed by atoms with Gasteiger partial charge in [0.05, 0.1) is 11.8 Å². The number of hydrogen-bond donors (Lipinski definition) is 1. The second-order valence-electron chi connectivity index (χ2n) is 3.83. The fourth-order valence-electron chi connectivity index (χ4n) is 1.44. The number of aliphatic hydroxyl groups is 1. The maximum absolute atomic E-state index is 9.05. The molecule has 6 heteroatoms. The van der Waals surface area contributed by atoms with Crippen LogP contribution < -0.4 is 4.74 Å². The Balaban J connectivity index is 2.23. The van der Waals surface area contributed by atoms with Crippen LogP contribution in [0.4, 0.5) is 0 Å². The maximum atomic E-state index is 9.05. The quantitative estimate of drug-likeness (QED) is 0.852. The highest BCUT2D eigenvalue weighted by Crippen LogP contribution is 2.16. The van der Waals surface area contributed by atoms with Gasteiger partial charge in [-0.3, -0.25) is 0 Å². The van der Waals surface area contributed by atoms with E-state index in [9.17, 15) is 0 Å². The van der Waals surface area contributed by atoms with Crippen LogP contribution in [0.2, 0.25) is 0 Å². The molecule has 0 aliphatic carbocycles. The third-order valence-corrected chi connectivity index (χ3v) is 2.13. The summed E-state index contributed by atoms with van der Waals surface area (Å²) in [6.07, 6.45) is 0.141. The number of hydrogen-bond acceptors (Lipinski definition) is 5. The van der Waals surface area contributed by atoms with E-state index in [1.165, 1.54) is 4.68 Å². The van der Waals surface area contributed by atoms with Crippen molar-refractivity contribution in [3.8, 4) is 11.4 Å². The zero-order valence-electron chi connectivity index (χ0n) is 9.74. The molecule has 0 amide bonds. The molecular weight excluding hydrogens is 220 g/mol. The maximum Gasteiger partial charge on any atom is 0.182 e. The van der Waals surface area contributed by atoms with Crippen molar-refractivity contribution >= 4 is 0 Å². The van der Waals surface area contributed by atoms with E-state index in [0.29, 0.717) is 5.82 Å². The number of rotatable bonds is 4. The lowest BCUT2D eigenvalue weighted by molar-refractivity contribution is 0.242. The molecule has 0 fully saturated rings. The van der Waals surface area contributed by atoms with Gasteiger partial charge < -0.3 is 9.84 Å². The molecule has 1 aromatic carbocycles. The van der Waals surface area contributed by atoms with Crippen molar-refractivity contribution in [3.05, 3.63) is 30.1 Å². The summed E-state index contributed by atoms with van der Waals surface area (Å²) in [5.74, 6) is 1.20. The summed E-state index contributed by atoms with van der Waals surface area (Å²) < 4.78 is 7.02. The van der Waals surface area contributed by atoms with Gasteiger partial charge in [-0.05, 0) is 48.5 Å². The summed E-state index contributed by atoms with van der Waals surface area (Å²) in [6.45, 7) is 3.75. The Hall–Kier alpha value is -1.95. The first kappa shape index (κ1) is 11.5. The molecule has 2 aromatic rings. The van der Waals surface area contributed by atoms with Gasteiger partial charge in [0.2, 0.25) is 0 Å². The van der Waals surface area contributed by atoms with Crippen molar-refractivity contribution in [1.82, 2.24) is 20.2 Å². The number of ether oxygens (including phenoxy) is 1. The third kappa shape index (κ3) is 2.59. The van der Waals surface area contributed by atoms with Gasteiger partial charge >= 0.3 is 0 Å². The van der Waals surface area contributed by atoms with Crippen LogP contribution in [-0.2, 0) is 6.61 Å². The molecule has 0 unspecified atom stereocenters. The summed E-state index contributed by atoms with van der Waals surface area (Å²) in [4.78, 5) is 0. The fraction of sp³-hybridized carbons (Fsp3) is 0.364. The van der Waals surface area contributed by atoms with E-state index in [2.05, 4.69) is 15.5 Å². The lowest BCUT2D eigenvalue weighted by atomic mass is 10.3. The zero-order valence-corrected chi connectivity index (χ0v) is 9.74. The first-order valence-corrected chi connectivity index (χ1v) is 5.36. The molecule has 17 heavy (non-hydrogen) atoms. The minimum Gasteiger partial charge on any atom is -0.491 e. The Morgan fingerprint density at radius 3 is 2.59 bits per heavy atom. The van der Waals surface area contributed by atoms with Crippen LogP contribution in [0, 0.1) is 0 Å². The Morgan fingerprint density at radius 2 is 2.00 bits per heavy atom. The molecule has 2 rings (SSSR count). The van der Waals surface area contributed by atoms with Gasteiger partial charge in [-0.2, -0.15) is 4.68 Å². The lowest BCUT2D eigenvalue weighted by Gasteiger charge is -2.10. The molecule has 0 aliphatic rings. The van der Waals surface area contributed by atoms with Crippen molar-refractivity contribution < 1.29 is 9.84 Å². The summed E-state index contributed by atoms with van der Waals surface area (Å²) in [5, 5.41) is 20.1. The normalized spacial score (nSPS) is 10.8. The molecule has 0 radical (unpaired) electrons. The monoisotopic (exact) mass is 234 g/mol.